The summed E-state index contributed by atoms with van der Waals surface area (Å²) < 4.78 is 1.63. The van der Waals surface area contributed by atoms with Gasteiger partial charge in [-0.15, -0.1) is 0 Å². The number of anilines is 1. The summed E-state index contributed by atoms with van der Waals surface area (Å²) in [5, 5.41) is 9.13. The highest BCUT2D eigenvalue weighted by Gasteiger charge is 2.16. The van der Waals surface area contributed by atoms with Gasteiger partial charge in [-0.3, -0.25) is 4.40 Å². The van der Waals surface area contributed by atoms with E-state index in [-0.39, 0.29) is 5.69 Å². The molecule has 0 spiro atoms. The van der Waals surface area contributed by atoms with Crippen LogP contribution in [-0.4, -0.2) is 58.6 Å². The maximum absolute atomic E-state index is 11.1. The Hall–Kier alpha value is -2.08. The normalized spacial score (nSPS) is 17.0. The predicted molar refractivity (Wildman–Crippen MR) is 71.9 cm³/mol. The quantitative estimate of drug-likeness (QED) is 0.864. The number of carboxylic acid groups (broad SMARTS) is 1. The summed E-state index contributed by atoms with van der Waals surface area (Å²) >= 11 is 0. The average Bonchev–Trinajstić information content (AvgIpc) is 2.82. The zero-order chi connectivity index (χ0) is 13.4. The maximum Gasteiger partial charge on any atom is 0.354 e. The lowest BCUT2D eigenvalue weighted by Gasteiger charge is -2.34. The second-order valence-corrected chi connectivity index (χ2v) is 4.85. The fourth-order valence-corrected chi connectivity index (χ4v) is 2.38. The molecule has 6 nitrogen and oxygen atoms in total. The lowest BCUT2D eigenvalue weighted by atomic mass is 10.3. The first kappa shape index (κ1) is 12.0. The standard InChI is InChI=1S/C13H16N4O2/c1-15-4-6-16(7-5-15)10-2-3-12-14-8-11(13(18)19)17(12)9-10/h2-3,8-9H,4-7H2,1H3,(H,18,19). The monoisotopic (exact) mass is 260 g/mol. The zero-order valence-electron chi connectivity index (χ0n) is 10.8. The molecule has 100 valence electrons. The molecule has 0 unspecified atom stereocenters. The van der Waals surface area contributed by atoms with E-state index in [1.54, 1.807) is 4.40 Å². The predicted octanol–water partition coefficient (Wildman–Crippen LogP) is 0.784. The van der Waals surface area contributed by atoms with Crippen LogP contribution < -0.4 is 4.90 Å². The first-order valence-electron chi connectivity index (χ1n) is 6.29. The fourth-order valence-electron chi connectivity index (χ4n) is 2.38. The maximum atomic E-state index is 11.1. The lowest BCUT2D eigenvalue weighted by molar-refractivity contribution is 0.0689. The van der Waals surface area contributed by atoms with Crippen molar-refractivity contribution in [2.75, 3.05) is 38.1 Å². The first-order chi connectivity index (χ1) is 9.15. The molecule has 0 radical (unpaired) electrons. The Kier molecular flexibility index (Phi) is 2.87. The summed E-state index contributed by atoms with van der Waals surface area (Å²) in [5.74, 6) is -0.956. The van der Waals surface area contributed by atoms with Crippen molar-refractivity contribution < 1.29 is 9.90 Å². The van der Waals surface area contributed by atoms with E-state index in [2.05, 4.69) is 21.8 Å². The van der Waals surface area contributed by atoms with Crippen LogP contribution in [0.1, 0.15) is 10.5 Å². The van der Waals surface area contributed by atoms with E-state index in [0.29, 0.717) is 5.65 Å². The Morgan fingerprint density at radius 2 is 2.00 bits per heavy atom. The van der Waals surface area contributed by atoms with Gasteiger partial charge in [0.1, 0.15) is 5.65 Å². The van der Waals surface area contributed by atoms with Crippen LogP contribution in [0.2, 0.25) is 0 Å². The minimum Gasteiger partial charge on any atom is -0.477 e. The van der Waals surface area contributed by atoms with E-state index in [4.69, 9.17) is 5.11 Å². The van der Waals surface area contributed by atoms with Gasteiger partial charge in [0.05, 0.1) is 11.9 Å². The average molecular weight is 260 g/mol. The van der Waals surface area contributed by atoms with Crippen molar-refractivity contribution >= 4 is 17.3 Å². The van der Waals surface area contributed by atoms with Crippen molar-refractivity contribution in [3.63, 3.8) is 0 Å². The number of likely N-dealkylation sites (N-methyl/N-ethyl adjacent to an activating group) is 1. The third kappa shape index (κ3) is 2.15. The highest BCUT2D eigenvalue weighted by molar-refractivity contribution is 5.86. The molecule has 3 heterocycles. The van der Waals surface area contributed by atoms with Gasteiger partial charge in [0.15, 0.2) is 5.69 Å². The van der Waals surface area contributed by atoms with Crippen LogP contribution in [0.3, 0.4) is 0 Å². The van der Waals surface area contributed by atoms with Gasteiger partial charge in [-0.1, -0.05) is 0 Å². The molecule has 2 aromatic heterocycles. The van der Waals surface area contributed by atoms with Gasteiger partial charge in [0.25, 0.3) is 0 Å². The van der Waals surface area contributed by atoms with Crippen molar-refractivity contribution in [1.82, 2.24) is 14.3 Å². The topological polar surface area (TPSA) is 61.1 Å². The molecule has 0 bridgehead atoms. The van der Waals surface area contributed by atoms with E-state index in [9.17, 15) is 4.79 Å². The molecule has 6 heteroatoms. The molecule has 0 saturated carbocycles. The minimum absolute atomic E-state index is 0.200. The second kappa shape index (κ2) is 4.55. The Labute approximate surface area is 110 Å². The number of rotatable bonds is 2. The second-order valence-electron chi connectivity index (χ2n) is 4.85. The summed E-state index contributed by atoms with van der Waals surface area (Å²) in [4.78, 5) is 19.8. The molecule has 1 N–H and O–H groups in total. The molecule has 2 aromatic rings. The molecule has 19 heavy (non-hydrogen) atoms. The van der Waals surface area contributed by atoms with Crippen molar-refractivity contribution in [2.45, 2.75) is 0 Å². The number of piperazine rings is 1. The Morgan fingerprint density at radius 3 is 2.68 bits per heavy atom. The molecule has 1 aliphatic rings. The molecule has 0 aliphatic carbocycles. The van der Waals surface area contributed by atoms with Gasteiger partial charge in [-0.05, 0) is 19.2 Å². The molecule has 3 rings (SSSR count). The van der Waals surface area contributed by atoms with Gasteiger partial charge in [-0.25, -0.2) is 9.78 Å². The molecule has 1 fully saturated rings. The Morgan fingerprint density at radius 1 is 1.26 bits per heavy atom. The third-order valence-corrected chi connectivity index (χ3v) is 3.58. The SMILES string of the molecule is CN1CCN(c2ccc3ncc(C(=O)O)n3c2)CC1. The van der Waals surface area contributed by atoms with E-state index in [1.807, 2.05) is 18.3 Å². The molecule has 1 aliphatic heterocycles. The van der Waals surface area contributed by atoms with E-state index in [1.165, 1.54) is 6.20 Å². The summed E-state index contributed by atoms with van der Waals surface area (Å²) in [7, 11) is 2.11. The van der Waals surface area contributed by atoms with Crippen molar-refractivity contribution in [2.24, 2.45) is 0 Å². The molecule has 0 aromatic carbocycles. The van der Waals surface area contributed by atoms with Gasteiger partial charge in [0.2, 0.25) is 0 Å². The number of carboxylic acids is 1. The number of hydrogen-bond acceptors (Lipinski definition) is 4. The van der Waals surface area contributed by atoms with Crippen molar-refractivity contribution in [3.8, 4) is 0 Å². The highest BCUT2D eigenvalue weighted by Crippen LogP contribution is 2.18. The van der Waals surface area contributed by atoms with Crippen LogP contribution in [0.4, 0.5) is 5.69 Å². The summed E-state index contributed by atoms with van der Waals surface area (Å²) in [6, 6.07) is 3.86. The highest BCUT2D eigenvalue weighted by atomic mass is 16.4. The van der Waals surface area contributed by atoms with Gasteiger partial charge >= 0.3 is 5.97 Å². The lowest BCUT2D eigenvalue weighted by Crippen LogP contribution is -2.44. The van der Waals surface area contributed by atoms with E-state index < -0.39 is 5.97 Å². The van der Waals surface area contributed by atoms with Crippen LogP contribution >= 0.6 is 0 Å². The molecular formula is C13H16N4O2. The smallest absolute Gasteiger partial charge is 0.354 e. The summed E-state index contributed by atoms with van der Waals surface area (Å²) in [6.45, 7) is 3.96. The third-order valence-electron chi connectivity index (χ3n) is 3.58. The van der Waals surface area contributed by atoms with Crippen molar-refractivity contribution in [1.29, 1.82) is 0 Å². The number of carbonyl (C=O) groups is 1. The van der Waals surface area contributed by atoms with Crippen LogP contribution in [0.25, 0.3) is 5.65 Å². The van der Waals surface area contributed by atoms with Gasteiger partial charge < -0.3 is 14.9 Å². The van der Waals surface area contributed by atoms with E-state index in [0.717, 1.165) is 31.9 Å². The van der Waals surface area contributed by atoms with E-state index >= 15 is 0 Å². The molecule has 0 atom stereocenters. The number of fused-ring (bicyclic) bond motifs is 1. The molecule has 1 saturated heterocycles. The number of aromatic nitrogens is 2. The van der Waals surface area contributed by atoms with Crippen LogP contribution in [0.5, 0.6) is 0 Å². The van der Waals surface area contributed by atoms with Crippen LogP contribution in [0, 0.1) is 0 Å². The first-order valence-corrected chi connectivity index (χ1v) is 6.29. The minimum atomic E-state index is -0.956. The molecular weight excluding hydrogens is 244 g/mol. The number of pyridine rings is 1. The summed E-state index contributed by atoms with van der Waals surface area (Å²) in [5.41, 5.74) is 1.90. The van der Waals surface area contributed by atoms with Crippen LogP contribution in [-0.2, 0) is 0 Å². The van der Waals surface area contributed by atoms with Gasteiger partial charge in [0, 0.05) is 32.4 Å². The number of hydrogen-bond donors (Lipinski definition) is 1. The number of aromatic carboxylic acids is 1. The largest absolute Gasteiger partial charge is 0.477 e. The summed E-state index contributed by atoms with van der Waals surface area (Å²) in [6.07, 6.45) is 3.25. The molecule has 0 amide bonds. The van der Waals surface area contributed by atoms with Crippen molar-refractivity contribution in [3.05, 3.63) is 30.2 Å². The fraction of sp³-hybridized carbons (Fsp3) is 0.385. The Bertz CT molecular complexity index is 614. The number of nitrogens with zero attached hydrogens (tertiary/aromatic N) is 4. The van der Waals surface area contributed by atoms with Gasteiger partial charge in [-0.2, -0.15) is 0 Å². The zero-order valence-corrected chi connectivity index (χ0v) is 10.8. The Balaban J connectivity index is 1.96. The van der Waals surface area contributed by atoms with Crippen LogP contribution in [0.15, 0.2) is 24.5 Å². The number of imidazole rings is 1.